The van der Waals surface area contributed by atoms with E-state index < -0.39 is 30.3 Å². The lowest BCUT2D eigenvalue weighted by molar-refractivity contribution is -0.384. The molecule has 0 radical (unpaired) electrons. The second-order valence-corrected chi connectivity index (χ2v) is 4.57. The molecule has 0 amide bonds. The van der Waals surface area contributed by atoms with Crippen molar-refractivity contribution < 1.29 is 20.2 Å². The second kappa shape index (κ2) is 6.05. The Hall–Kier alpha value is -1.29. The van der Waals surface area contributed by atoms with E-state index in [-0.39, 0.29) is 11.5 Å². The lowest BCUT2D eigenvalue weighted by Crippen LogP contribution is -2.49. The van der Waals surface area contributed by atoms with Crippen molar-refractivity contribution in [3.8, 4) is 0 Å². The van der Waals surface area contributed by atoms with Crippen LogP contribution in [0, 0.1) is 10.1 Å². The maximum Gasteiger partial charge on any atom is 0.312 e. The van der Waals surface area contributed by atoms with Gasteiger partial charge < -0.3 is 20.6 Å². The second-order valence-electron chi connectivity index (χ2n) is 3.66. The molecular weight excluding hydrogens is 310 g/mol. The van der Waals surface area contributed by atoms with Crippen LogP contribution in [0.15, 0.2) is 16.7 Å². The number of nitrogens with one attached hydrogen (secondary N) is 1. The molecule has 0 unspecified atom stereocenters. The molecule has 0 saturated heterocycles. The van der Waals surface area contributed by atoms with Crippen LogP contribution < -0.4 is 5.32 Å². The van der Waals surface area contributed by atoms with E-state index in [0.29, 0.717) is 4.47 Å². The average molecular weight is 322 g/mol. The first-order valence-corrected chi connectivity index (χ1v) is 5.68. The summed E-state index contributed by atoms with van der Waals surface area (Å²) >= 11 is 3.05. The van der Waals surface area contributed by atoms with Crippen LogP contribution >= 0.6 is 15.9 Å². The Morgan fingerprint density at radius 3 is 2.39 bits per heavy atom. The summed E-state index contributed by atoms with van der Waals surface area (Å²) in [5.74, 6) is -0.139. The van der Waals surface area contributed by atoms with Crippen LogP contribution in [0.25, 0.3) is 0 Å². The normalized spacial score (nSPS) is 11.3. The highest BCUT2D eigenvalue weighted by molar-refractivity contribution is 9.10. The monoisotopic (exact) mass is 321 g/mol. The topological polar surface area (TPSA) is 129 Å². The van der Waals surface area contributed by atoms with Gasteiger partial charge in [-0.15, -0.1) is 0 Å². The van der Waals surface area contributed by atoms with Crippen LogP contribution in [0.1, 0.15) is 0 Å². The summed E-state index contributed by atoms with van der Waals surface area (Å²) in [4.78, 5) is 14.0. The van der Waals surface area contributed by atoms with E-state index in [0.717, 1.165) is 0 Å². The third-order valence-corrected chi connectivity index (χ3v) is 2.76. The van der Waals surface area contributed by atoms with Gasteiger partial charge in [0.15, 0.2) is 0 Å². The van der Waals surface area contributed by atoms with Gasteiger partial charge in [0.1, 0.15) is 5.54 Å². The number of nitrogens with zero attached hydrogens (tertiary/aromatic N) is 2. The SMILES string of the molecule is O=[N+]([O-])c1cc(Br)cnc1NC(CO)(CO)CO. The molecule has 0 spiro atoms. The highest BCUT2D eigenvalue weighted by Gasteiger charge is 2.31. The molecule has 0 aliphatic heterocycles. The minimum Gasteiger partial charge on any atom is -0.394 e. The fourth-order valence-corrected chi connectivity index (χ4v) is 1.50. The van der Waals surface area contributed by atoms with Crippen LogP contribution in [0.4, 0.5) is 11.5 Å². The van der Waals surface area contributed by atoms with Crippen molar-refractivity contribution in [1.29, 1.82) is 0 Å². The van der Waals surface area contributed by atoms with Crippen LogP contribution in [-0.4, -0.2) is 50.6 Å². The fraction of sp³-hybridized carbons (Fsp3) is 0.444. The average Bonchev–Trinajstić information content (AvgIpc) is 2.37. The molecule has 18 heavy (non-hydrogen) atoms. The van der Waals surface area contributed by atoms with Crippen molar-refractivity contribution in [3.63, 3.8) is 0 Å². The number of rotatable bonds is 6. The highest BCUT2D eigenvalue weighted by Crippen LogP contribution is 2.27. The molecule has 0 aliphatic carbocycles. The number of aliphatic hydroxyl groups excluding tert-OH is 3. The van der Waals surface area contributed by atoms with Crippen LogP contribution in [0.3, 0.4) is 0 Å². The van der Waals surface area contributed by atoms with E-state index in [4.69, 9.17) is 15.3 Å². The van der Waals surface area contributed by atoms with Gasteiger partial charge in [0.2, 0.25) is 5.82 Å². The lowest BCUT2D eigenvalue weighted by atomic mass is 10.0. The number of halogens is 1. The maximum atomic E-state index is 10.8. The molecule has 0 aromatic carbocycles. The molecule has 1 aromatic rings. The predicted molar refractivity (Wildman–Crippen MR) is 66.2 cm³/mol. The molecular formula is C9H12BrN3O5. The molecule has 1 aromatic heterocycles. The van der Waals surface area contributed by atoms with Crippen molar-refractivity contribution in [2.75, 3.05) is 25.1 Å². The Balaban J connectivity index is 3.13. The zero-order chi connectivity index (χ0) is 13.8. The van der Waals surface area contributed by atoms with Crippen molar-refractivity contribution in [2.24, 2.45) is 0 Å². The van der Waals surface area contributed by atoms with E-state index in [9.17, 15) is 10.1 Å². The number of pyridine rings is 1. The van der Waals surface area contributed by atoms with Gasteiger partial charge in [-0.2, -0.15) is 0 Å². The van der Waals surface area contributed by atoms with Crippen molar-refractivity contribution >= 4 is 27.4 Å². The van der Waals surface area contributed by atoms with E-state index in [2.05, 4.69) is 26.2 Å². The number of anilines is 1. The molecule has 0 saturated carbocycles. The molecule has 0 bridgehead atoms. The molecule has 0 atom stereocenters. The largest absolute Gasteiger partial charge is 0.394 e. The van der Waals surface area contributed by atoms with Crippen molar-refractivity contribution in [1.82, 2.24) is 4.98 Å². The highest BCUT2D eigenvalue weighted by atomic mass is 79.9. The number of hydrogen-bond acceptors (Lipinski definition) is 7. The Morgan fingerprint density at radius 1 is 1.39 bits per heavy atom. The summed E-state index contributed by atoms with van der Waals surface area (Å²) in [6, 6.07) is 1.23. The van der Waals surface area contributed by atoms with Gasteiger partial charge in [0.05, 0.1) is 24.7 Å². The van der Waals surface area contributed by atoms with Gasteiger partial charge in [-0.25, -0.2) is 4.98 Å². The summed E-state index contributed by atoms with van der Waals surface area (Å²) in [5, 5.41) is 40.7. The van der Waals surface area contributed by atoms with Gasteiger partial charge in [-0.1, -0.05) is 0 Å². The minimum atomic E-state index is -1.47. The third kappa shape index (κ3) is 3.13. The lowest BCUT2D eigenvalue weighted by Gasteiger charge is -2.28. The fourth-order valence-electron chi connectivity index (χ4n) is 1.18. The molecule has 9 heteroatoms. The first kappa shape index (κ1) is 14.8. The minimum absolute atomic E-state index is 0.139. The van der Waals surface area contributed by atoms with E-state index in [1.165, 1.54) is 12.3 Å². The van der Waals surface area contributed by atoms with E-state index in [1.54, 1.807) is 0 Å². The molecule has 100 valence electrons. The molecule has 0 aliphatic rings. The Bertz CT molecular complexity index is 430. The van der Waals surface area contributed by atoms with Gasteiger partial charge in [0, 0.05) is 16.7 Å². The predicted octanol–water partition coefficient (Wildman–Crippen LogP) is -0.120. The molecule has 4 N–H and O–H groups in total. The van der Waals surface area contributed by atoms with Crippen LogP contribution in [0.5, 0.6) is 0 Å². The Kier molecular flexibility index (Phi) is 4.96. The van der Waals surface area contributed by atoms with Crippen LogP contribution in [0.2, 0.25) is 0 Å². The van der Waals surface area contributed by atoms with Crippen LogP contribution in [-0.2, 0) is 0 Å². The number of aromatic nitrogens is 1. The zero-order valence-electron chi connectivity index (χ0n) is 9.21. The maximum absolute atomic E-state index is 10.8. The van der Waals surface area contributed by atoms with E-state index in [1.807, 2.05) is 0 Å². The first-order chi connectivity index (χ1) is 8.48. The standard InChI is InChI=1S/C9H12BrN3O5/c10-6-1-7(13(17)18)8(11-2-6)12-9(3-14,4-15)5-16/h1-2,14-16H,3-5H2,(H,11,12). The Morgan fingerprint density at radius 2 is 1.94 bits per heavy atom. The summed E-state index contributed by atoms with van der Waals surface area (Å²) in [6.45, 7) is -1.81. The van der Waals surface area contributed by atoms with E-state index >= 15 is 0 Å². The molecule has 1 heterocycles. The first-order valence-electron chi connectivity index (χ1n) is 4.88. The summed E-state index contributed by atoms with van der Waals surface area (Å²) < 4.78 is 0.419. The summed E-state index contributed by atoms with van der Waals surface area (Å²) in [6.07, 6.45) is 1.33. The van der Waals surface area contributed by atoms with Gasteiger partial charge >= 0.3 is 5.69 Å². The van der Waals surface area contributed by atoms with Gasteiger partial charge in [-0.3, -0.25) is 10.1 Å². The Labute approximate surface area is 111 Å². The molecule has 8 nitrogen and oxygen atoms in total. The van der Waals surface area contributed by atoms with Gasteiger partial charge in [-0.05, 0) is 15.9 Å². The van der Waals surface area contributed by atoms with Gasteiger partial charge in [0.25, 0.3) is 0 Å². The summed E-state index contributed by atoms with van der Waals surface area (Å²) in [7, 11) is 0. The number of aliphatic hydroxyl groups is 3. The smallest absolute Gasteiger partial charge is 0.312 e. The molecule has 1 rings (SSSR count). The number of hydrogen-bond donors (Lipinski definition) is 4. The molecule has 0 fully saturated rings. The quantitative estimate of drug-likeness (QED) is 0.424. The van der Waals surface area contributed by atoms with Crippen molar-refractivity contribution in [2.45, 2.75) is 5.54 Å². The summed E-state index contributed by atoms with van der Waals surface area (Å²) in [5.41, 5.74) is -1.80. The zero-order valence-corrected chi connectivity index (χ0v) is 10.8. The number of nitro groups is 1. The van der Waals surface area contributed by atoms with Crippen molar-refractivity contribution in [3.05, 3.63) is 26.9 Å². The third-order valence-electron chi connectivity index (χ3n) is 2.32.